The van der Waals surface area contributed by atoms with Crippen LogP contribution >= 0.6 is 0 Å². The molecule has 1 unspecified atom stereocenters. The number of nitrogens with one attached hydrogen (secondary N) is 1. The number of halogens is 1. The monoisotopic (exact) mass is 317 g/mol. The number of amides is 1. The first kappa shape index (κ1) is 23.8. The minimum Gasteiger partial charge on any atom is -0.481 e. The van der Waals surface area contributed by atoms with E-state index in [-0.39, 0.29) is 12.8 Å². The third-order valence-corrected chi connectivity index (χ3v) is 2.81. The smallest absolute Gasteiger partial charge is 0.303 e. The van der Waals surface area contributed by atoms with Gasteiger partial charge in [0.1, 0.15) is 0 Å². The van der Waals surface area contributed by atoms with Crippen LogP contribution in [0.1, 0.15) is 40.5 Å². The summed E-state index contributed by atoms with van der Waals surface area (Å²) in [6, 6.07) is 0. The zero-order valence-electron chi connectivity index (χ0n) is 12.5. The van der Waals surface area contributed by atoms with Gasteiger partial charge in [-0.3, -0.25) is 9.59 Å². The number of ether oxygens (including phenoxy) is 1. The molecule has 0 heterocycles. The predicted octanol–water partition coefficient (Wildman–Crippen LogP) is 1.29. The van der Waals surface area contributed by atoms with Gasteiger partial charge in [0.2, 0.25) is 10.0 Å². The topological polar surface area (TPSA) is 110 Å². The van der Waals surface area contributed by atoms with E-state index in [1.807, 2.05) is 27.7 Å². The van der Waals surface area contributed by atoms with Crippen molar-refractivity contribution < 1.29 is 32.2 Å². The van der Waals surface area contributed by atoms with Gasteiger partial charge >= 0.3 is 5.97 Å². The number of aliphatic carboxylic acids is 1. The minimum absolute atomic E-state index is 0.165. The van der Waals surface area contributed by atoms with Gasteiger partial charge in [0.05, 0.1) is 5.75 Å². The Morgan fingerprint density at radius 3 is 2.05 bits per heavy atom. The van der Waals surface area contributed by atoms with E-state index in [1.165, 1.54) is 4.72 Å². The summed E-state index contributed by atoms with van der Waals surface area (Å²) in [5.74, 6) is -3.15. The average molecular weight is 317 g/mol. The van der Waals surface area contributed by atoms with E-state index in [0.717, 1.165) is 7.11 Å². The lowest BCUT2D eigenvalue weighted by Gasteiger charge is -2.08. The molecule has 1 amide bonds. The molecule has 1 atom stereocenters. The van der Waals surface area contributed by atoms with Crippen LogP contribution in [0.3, 0.4) is 0 Å². The van der Waals surface area contributed by atoms with E-state index in [0.29, 0.717) is 0 Å². The predicted molar refractivity (Wildman–Crippen MR) is 73.4 cm³/mol. The third kappa shape index (κ3) is 14.8. The Hall–Kier alpha value is -1.22. The molecule has 0 bridgehead atoms. The van der Waals surface area contributed by atoms with Crippen molar-refractivity contribution in [3.05, 3.63) is 0 Å². The van der Waals surface area contributed by atoms with Crippen LogP contribution in [0.25, 0.3) is 0 Å². The molecule has 7 nitrogen and oxygen atoms in total. The van der Waals surface area contributed by atoms with E-state index in [2.05, 4.69) is 4.74 Å². The second-order valence-electron chi connectivity index (χ2n) is 2.83. The number of methoxy groups -OCH3 is 1. The Kier molecular flexibility index (Phi) is 16.9. The van der Waals surface area contributed by atoms with E-state index in [9.17, 15) is 22.4 Å². The maximum Gasteiger partial charge on any atom is 0.303 e. The Morgan fingerprint density at radius 2 is 1.70 bits per heavy atom. The van der Waals surface area contributed by atoms with Crippen molar-refractivity contribution in [2.75, 3.05) is 12.9 Å². The van der Waals surface area contributed by atoms with Crippen molar-refractivity contribution >= 4 is 21.9 Å². The molecule has 2 N–H and O–H groups in total. The quantitative estimate of drug-likeness (QED) is 0.732. The third-order valence-electron chi connectivity index (χ3n) is 1.47. The fourth-order valence-electron chi connectivity index (χ4n) is 0.771. The molecule has 0 aromatic heterocycles. The Balaban J connectivity index is -0.000000656. The van der Waals surface area contributed by atoms with Crippen molar-refractivity contribution in [1.29, 1.82) is 0 Å². The fraction of sp³-hybridized carbons (Fsp3) is 0.818. The molecule has 0 aliphatic heterocycles. The van der Waals surface area contributed by atoms with Crippen LogP contribution in [0, 0.1) is 0 Å². The minimum atomic E-state index is -4.01. The van der Waals surface area contributed by atoms with E-state index in [1.54, 1.807) is 0 Å². The second kappa shape index (κ2) is 14.2. The lowest BCUT2D eigenvalue weighted by Crippen LogP contribution is -2.38. The number of carbonyl (C=O) groups excluding carboxylic acids is 1. The summed E-state index contributed by atoms with van der Waals surface area (Å²) in [5.41, 5.74) is 0. The Labute approximate surface area is 119 Å². The van der Waals surface area contributed by atoms with Crippen molar-refractivity contribution in [3.63, 3.8) is 0 Å². The van der Waals surface area contributed by atoms with Gasteiger partial charge in [0.25, 0.3) is 12.3 Å². The summed E-state index contributed by atoms with van der Waals surface area (Å²) in [6.07, 6.45) is -2.88. The molecule has 0 aliphatic rings. The molecule has 0 rings (SSSR count). The number of rotatable bonds is 7. The Bertz CT molecular complexity index is 358. The molecular weight excluding hydrogens is 293 g/mol. The highest BCUT2D eigenvalue weighted by Crippen LogP contribution is 1.97. The maximum absolute atomic E-state index is 12.5. The largest absolute Gasteiger partial charge is 0.481 e. The SMILES string of the molecule is CC.CC.COC(F)C(=O)NS(=O)(=O)CCCC(=O)O. The molecule has 0 saturated heterocycles. The van der Waals surface area contributed by atoms with Gasteiger partial charge in [-0.1, -0.05) is 27.7 Å². The summed E-state index contributed by atoms with van der Waals surface area (Å²) in [6.45, 7) is 8.00. The van der Waals surface area contributed by atoms with Gasteiger partial charge in [0.15, 0.2) is 0 Å². The van der Waals surface area contributed by atoms with Gasteiger partial charge in [-0.15, -0.1) is 0 Å². The van der Waals surface area contributed by atoms with Gasteiger partial charge in [-0.05, 0) is 6.42 Å². The average Bonchev–Trinajstić information content (AvgIpc) is 2.41. The summed E-state index contributed by atoms with van der Waals surface area (Å²) in [4.78, 5) is 20.9. The van der Waals surface area contributed by atoms with E-state index >= 15 is 0 Å². The number of hydrogen-bond donors (Lipinski definition) is 2. The first-order valence-electron chi connectivity index (χ1n) is 6.21. The van der Waals surface area contributed by atoms with Crippen LogP contribution in [0.2, 0.25) is 0 Å². The standard InChI is InChI=1S/C7H12FNO6S.2C2H6/c1-15-6(8)7(12)9-16(13,14)4-2-3-5(10)11;2*1-2/h6H,2-4H2,1H3,(H,9,12)(H,10,11);2*1-2H3. The number of carboxylic acid groups (broad SMARTS) is 1. The number of sulfonamides is 1. The fourth-order valence-corrected chi connectivity index (χ4v) is 1.80. The number of carbonyl (C=O) groups is 2. The molecule has 20 heavy (non-hydrogen) atoms. The van der Waals surface area contributed by atoms with Gasteiger partial charge < -0.3 is 9.84 Å². The molecule has 0 fully saturated rings. The molecule has 0 aromatic rings. The number of carboxylic acids is 1. The normalized spacial score (nSPS) is 11.1. The summed E-state index contributed by atoms with van der Waals surface area (Å²) >= 11 is 0. The first-order valence-corrected chi connectivity index (χ1v) is 7.86. The molecule has 0 aromatic carbocycles. The van der Waals surface area contributed by atoms with Gasteiger partial charge in [-0.25, -0.2) is 17.5 Å². The maximum atomic E-state index is 12.5. The van der Waals surface area contributed by atoms with Crippen LogP contribution in [-0.2, 0) is 24.3 Å². The van der Waals surface area contributed by atoms with Gasteiger partial charge in [-0.2, -0.15) is 0 Å². The highest BCUT2D eigenvalue weighted by Gasteiger charge is 2.22. The second-order valence-corrected chi connectivity index (χ2v) is 4.68. The van der Waals surface area contributed by atoms with Crippen molar-refractivity contribution in [3.8, 4) is 0 Å². The van der Waals surface area contributed by atoms with E-state index in [4.69, 9.17) is 5.11 Å². The van der Waals surface area contributed by atoms with Crippen LogP contribution in [0.4, 0.5) is 4.39 Å². The lowest BCUT2D eigenvalue weighted by molar-refractivity contribution is -0.139. The van der Waals surface area contributed by atoms with Crippen molar-refractivity contribution in [2.24, 2.45) is 0 Å². The van der Waals surface area contributed by atoms with Gasteiger partial charge in [0, 0.05) is 13.5 Å². The first-order chi connectivity index (χ1) is 9.28. The molecule has 0 aliphatic carbocycles. The van der Waals surface area contributed by atoms with Crippen LogP contribution in [0.15, 0.2) is 0 Å². The molecule has 0 spiro atoms. The molecule has 9 heteroatoms. The summed E-state index contributed by atoms with van der Waals surface area (Å²) in [5, 5.41) is 8.26. The number of hydrogen-bond acceptors (Lipinski definition) is 5. The van der Waals surface area contributed by atoms with Crippen molar-refractivity contribution in [1.82, 2.24) is 4.72 Å². The van der Waals surface area contributed by atoms with Crippen LogP contribution in [0.5, 0.6) is 0 Å². The molecule has 0 radical (unpaired) electrons. The number of alkyl halides is 1. The van der Waals surface area contributed by atoms with E-state index < -0.39 is 34.0 Å². The molecular formula is C11H24FNO6S. The zero-order valence-corrected chi connectivity index (χ0v) is 13.3. The van der Waals surface area contributed by atoms with Crippen molar-refractivity contribution in [2.45, 2.75) is 46.9 Å². The van der Waals surface area contributed by atoms with Crippen LogP contribution in [-0.4, -0.2) is 44.6 Å². The molecule has 0 saturated carbocycles. The van der Waals surface area contributed by atoms with Crippen LogP contribution < -0.4 is 4.72 Å². The highest BCUT2D eigenvalue weighted by atomic mass is 32.2. The lowest BCUT2D eigenvalue weighted by atomic mass is 10.3. The summed E-state index contributed by atoms with van der Waals surface area (Å²) < 4.78 is 40.1. The zero-order chi connectivity index (χ0) is 16.8. The molecule has 122 valence electrons. The summed E-state index contributed by atoms with van der Waals surface area (Å²) in [7, 11) is -3.11. The Morgan fingerprint density at radius 1 is 1.25 bits per heavy atom. The highest BCUT2D eigenvalue weighted by molar-refractivity contribution is 7.90.